The topological polar surface area (TPSA) is 88.4 Å². The summed E-state index contributed by atoms with van der Waals surface area (Å²) < 4.78 is 31.2. The van der Waals surface area contributed by atoms with Crippen LogP contribution in [0.5, 0.6) is 0 Å². The minimum Gasteiger partial charge on any atom is -0.456 e. The van der Waals surface area contributed by atoms with Gasteiger partial charge in [-0.15, -0.1) is 0 Å². The smallest absolute Gasteiger partial charge is 0.257 e. The van der Waals surface area contributed by atoms with E-state index in [9.17, 15) is 13.2 Å². The van der Waals surface area contributed by atoms with Gasteiger partial charge in [-0.3, -0.25) is 9.52 Å². The minimum absolute atomic E-state index is 0.224. The summed E-state index contributed by atoms with van der Waals surface area (Å²) in [7, 11) is -3.49. The summed E-state index contributed by atoms with van der Waals surface area (Å²) in [5.41, 5.74) is 2.45. The predicted octanol–water partition coefficient (Wildman–Crippen LogP) is 4.21. The predicted molar refractivity (Wildman–Crippen MR) is 107 cm³/mol. The average molecular weight is 380 g/mol. The molecule has 1 amide bonds. The van der Waals surface area contributed by atoms with Gasteiger partial charge in [0.1, 0.15) is 11.2 Å². The number of furan rings is 1. The molecule has 136 valence electrons. The van der Waals surface area contributed by atoms with Crippen LogP contribution in [0, 0.1) is 0 Å². The maximum atomic E-state index is 12.7. The number of nitrogens with one attached hydrogen (secondary N) is 2. The number of sulfonamides is 1. The molecular formula is C20H16N2O4S. The quantitative estimate of drug-likeness (QED) is 0.555. The Bertz CT molecular complexity index is 1280. The maximum absolute atomic E-state index is 12.7. The number of amides is 1. The van der Waals surface area contributed by atoms with Gasteiger partial charge in [-0.05, 0) is 30.3 Å². The van der Waals surface area contributed by atoms with E-state index in [1.165, 1.54) is 0 Å². The van der Waals surface area contributed by atoms with Crippen molar-refractivity contribution in [3.8, 4) is 0 Å². The number of para-hydroxylation sites is 2. The van der Waals surface area contributed by atoms with Crippen molar-refractivity contribution in [3.05, 3.63) is 72.3 Å². The molecule has 0 aliphatic carbocycles. The molecule has 0 saturated heterocycles. The van der Waals surface area contributed by atoms with Crippen LogP contribution in [0.4, 0.5) is 11.4 Å². The lowest BCUT2D eigenvalue weighted by Gasteiger charge is -2.11. The van der Waals surface area contributed by atoms with Crippen molar-refractivity contribution in [1.29, 1.82) is 0 Å². The van der Waals surface area contributed by atoms with E-state index in [0.717, 1.165) is 22.6 Å². The summed E-state index contributed by atoms with van der Waals surface area (Å²) >= 11 is 0. The average Bonchev–Trinajstić information content (AvgIpc) is 2.98. The molecular weight excluding hydrogens is 364 g/mol. The first kappa shape index (κ1) is 17.1. The van der Waals surface area contributed by atoms with Crippen molar-refractivity contribution in [2.24, 2.45) is 0 Å². The molecule has 1 aromatic heterocycles. The Morgan fingerprint density at radius 1 is 0.889 bits per heavy atom. The van der Waals surface area contributed by atoms with Gasteiger partial charge in [-0.2, -0.15) is 0 Å². The number of fused-ring (bicyclic) bond motifs is 3. The number of hydrogen-bond acceptors (Lipinski definition) is 4. The third-order valence-corrected chi connectivity index (χ3v) is 4.69. The van der Waals surface area contributed by atoms with Crippen LogP contribution in [0.1, 0.15) is 10.4 Å². The molecule has 0 bridgehead atoms. The Morgan fingerprint density at radius 3 is 2.41 bits per heavy atom. The van der Waals surface area contributed by atoms with E-state index in [1.54, 1.807) is 36.4 Å². The highest BCUT2D eigenvalue weighted by atomic mass is 32.2. The van der Waals surface area contributed by atoms with Crippen molar-refractivity contribution < 1.29 is 17.6 Å². The Kier molecular flexibility index (Phi) is 4.08. The van der Waals surface area contributed by atoms with Crippen LogP contribution in [0.15, 0.2) is 71.1 Å². The Morgan fingerprint density at radius 2 is 1.59 bits per heavy atom. The zero-order valence-corrected chi connectivity index (χ0v) is 15.2. The van der Waals surface area contributed by atoms with Gasteiger partial charge in [-0.25, -0.2) is 8.42 Å². The molecule has 27 heavy (non-hydrogen) atoms. The zero-order chi connectivity index (χ0) is 19.0. The van der Waals surface area contributed by atoms with Crippen LogP contribution in [-0.4, -0.2) is 20.6 Å². The molecule has 2 N–H and O–H groups in total. The number of carbonyl (C=O) groups excluding carboxylic acids is 1. The number of benzene rings is 3. The summed E-state index contributed by atoms with van der Waals surface area (Å²) in [4.78, 5) is 12.7. The standard InChI is InChI=1S/C20H16N2O4S/c1-27(24,25)22-17-8-4-2-7-16(17)20(23)21-13-10-11-15-14-6-3-5-9-18(14)26-19(15)12-13/h2-12,22H,1H3,(H,21,23). The lowest BCUT2D eigenvalue weighted by Crippen LogP contribution is -2.17. The van der Waals surface area contributed by atoms with E-state index in [-0.39, 0.29) is 11.3 Å². The van der Waals surface area contributed by atoms with Crippen LogP contribution in [0.3, 0.4) is 0 Å². The lowest BCUT2D eigenvalue weighted by molar-refractivity contribution is 0.102. The first-order valence-corrected chi connectivity index (χ1v) is 10.1. The second kappa shape index (κ2) is 6.44. The van der Waals surface area contributed by atoms with Gasteiger partial charge < -0.3 is 9.73 Å². The van der Waals surface area contributed by atoms with Gasteiger partial charge in [-0.1, -0.05) is 30.3 Å². The van der Waals surface area contributed by atoms with Gasteiger partial charge in [0.15, 0.2) is 0 Å². The molecule has 0 radical (unpaired) electrons. The maximum Gasteiger partial charge on any atom is 0.257 e. The summed E-state index contributed by atoms with van der Waals surface area (Å²) in [6.07, 6.45) is 1.04. The van der Waals surface area contributed by atoms with Crippen molar-refractivity contribution in [2.45, 2.75) is 0 Å². The Hall–Kier alpha value is -3.32. The van der Waals surface area contributed by atoms with Crippen molar-refractivity contribution in [3.63, 3.8) is 0 Å². The highest BCUT2D eigenvalue weighted by Gasteiger charge is 2.15. The first-order chi connectivity index (χ1) is 12.9. The lowest BCUT2D eigenvalue weighted by atomic mass is 10.1. The molecule has 4 aromatic rings. The van der Waals surface area contributed by atoms with E-state index in [2.05, 4.69) is 10.0 Å². The van der Waals surface area contributed by atoms with Gasteiger partial charge in [0.05, 0.1) is 17.5 Å². The van der Waals surface area contributed by atoms with Crippen molar-refractivity contribution in [1.82, 2.24) is 0 Å². The van der Waals surface area contributed by atoms with Gasteiger partial charge in [0.2, 0.25) is 10.0 Å². The molecule has 1 heterocycles. The highest BCUT2D eigenvalue weighted by Crippen LogP contribution is 2.30. The van der Waals surface area contributed by atoms with Gasteiger partial charge in [0.25, 0.3) is 5.91 Å². The fourth-order valence-corrected chi connectivity index (χ4v) is 3.55. The third-order valence-electron chi connectivity index (χ3n) is 4.10. The van der Waals surface area contributed by atoms with E-state index >= 15 is 0 Å². The molecule has 0 unspecified atom stereocenters. The summed E-state index contributed by atoms with van der Waals surface area (Å²) in [5, 5.41) is 4.76. The molecule has 0 spiro atoms. The molecule has 0 aliphatic rings. The number of anilines is 2. The summed E-state index contributed by atoms with van der Waals surface area (Å²) in [5.74, 6) is -0.419. The fourth-order valence-electron chi connectivity index (χ4n) is 2.97. The molecule has 6 nitrogen and oxygen atoms in total. The van der Waals surface area contributed by atoms with Crippen LogP contribution in [0.2, 0.25) is 0 Å². The van der Waals surface area contributed by atoms with Crippen LogP contribution >= 0.6 is 0 Å². The van der Waals surface area contributed by atoms with E-state index in [4.69, 9.17) is 4.42 Å². The normalized spacial score (nSPS) is 11.6. The molecule has 0 atom stereocenters. The zero-order valence-electron chi connectivity index (χ0n) is 14.4. The fraction of sp³-hybridized carbons (Fsp3) is 0.0500. The summed E-state index contributed by atoms with van der Waals surface area (Å²) in [6, 6.07) is 19.6. The van der Waals surface area contributed by atoms with Crippen LogP contribution < -0.4 is 10.0 Å². The van der Waals surface area contributed by atoms with Crippen molar-refractivity contribution in [2.75, 3.05) is 16.3 Å². The molecule has 3 aromatic carbocycles. The minimum atomic E-state index is -3.49. The SMILES string of the molecule is CS(=O)(=O)Nc1ccccc1C(=O)Nc1ccc2c(c1)oc1ccccc12. The molecule has 7 heteroatoms. The van der Waals surface area contributed by atoms with Gasteiger partial charge in [0, 0.05) is 22.5 Å². The largest absolute Gasteiger partial charge is 0.456 e. The highest BCUT2D eigenvalue weighted by molar-refractivity contribution is 7.92. The Balaban J connectivity index is 1.66. The van der Waals surface area contributed by atoms with Crippen LogP contribution in [-0.2, 0) is 10.0 Å². The monoisotopic (exact) mass is 380 g/mol. The van der Waals surface area contributed by atoms with Crippen molar-refractivity contribution >= 4 is 49.2 Å². The van der Waals surface area contributed by atoms with E-state index in [1.807, 2.05) is 30.3 Å². The first-order valence-electron chi connectivity index (χ1n) is 8.20. The molecule has 0 aliphatic heterocycles. The van der Waals surface area contributed by atoms with Crippen LogP contribution in [0.25, 0.3) is 21.9 Å². The van der Waals surface area contributed by atoms with E-state index < -0.39 is 15.9 Å². The van der Waals surface area contributed by atoms with E-state index in [0.29, 0.717) is 11.3 Å². The Labute approximate surface area is 155 Å². The molecule has 4 rings (SSSR count). The third kappa shape index (κ3) is 3.50. The number of carbonyl (C=O) groups is 1. The van der Waals surface area contributed by atoms with Gasteiger partial charge >= 0.3 is 0 Å². The number of hydrogen-bond donors (Lipinski definition) is 2. The summed E-state index contributed by atoms with van der Waals surface area (Å²) in [6.45, 7) is 0. The second-order valence-electron chi connectivity index (χ2n) is 6.18. The molecule has 0 saturated carbocycles. The number of rotatable bonds is 4. The second-order valence-corrected chi connectivity index (χ2v) is 7.93. The molecule has 0 fully saturated rings.